The fourth-order valence-corrected chi connectivity index (χ4v) is 3.13. The number of amides is 1. The van der Waals surface area contributed by atoms with E-state index in [-0.39, 0.29) is 18.4 Å². The summed E-state index contributed by atoms with van der Waals surface area (Å²) in [4.78, 5) is 26.3. The van der Waals surface area contributed by atoms with Crippen LogP contribution >= 0.6 is 11.6 Å². The number of nitrogens with zero attached hydrogens (tertiary/aromatic N) is 1. The standard InChI is InChI=1S/C18H24ClNO4/c1-5-23-16(21)14-11-20(17(22)24-18(2,3)4)10-13(14)12-8-6-7-9-15(12)19/h6-9,13-14H,5,10-11H2,1-4H3/t13-,14-/m1/s1. The Bertz CT molecular complexity index is 611. The van der Waals surface area contributed by atoms with Gasteiger partial charge in [0.1, 0.15) is 5.60 Å². The van der Waals surface area contributed by atoms with E-state index in [9.17, 15) is 9.59 Å². The second kappa shape index (κ2) is 7.43. The number of hydrogen-bond donors (Lipinski definition) is 0. The van der Waals surface area contributed by atoms with E-state index < -0.39 is 17.6 Å². The van der Waals surface area contributed by atoms with Gasteiger partial charge in [-0.3, -0.25) is 4.79 Å². The van der Waals surface area contributed by atoms with Crippen LogP contribution in [0.25, 0.3) is 0 Å². The molecule has 1 amide bonds. The second-order valence-electron chi connectivity index (χ2n) is 6.87. The highest BCUT2D eigenvalue weighted by molar-refractivity contribution is 6.31. The zero-order valence-electron chi connectivity index (χ0n) is 14.5. The Hall–Kier alpha value is -1.75. The van der Waals surface area contributed by atoms with E-state index in [1.807, 2.05) is 39.0 Å². The molecule has 0 spiro atoms. The molecular formula is C18H24ClNO4. The Kier molecular flexibility index (Phi) is 5.75. The number of benzene rings is 1. The zero-order valence-corrected chi connectivity index (χ0v) is 15.3. The summed E-state index contributed by atoms with van der Waals surface area (Å²) in [6, 6.07) is 7.39. The summed E-state index contributed by atoms with van der Waals surface area (Å²) in [5, 5.41) is 0.586. The molecule has 6 heteroatoms. The summed E-state index contributed by atoms with van der Waals surface area (Å²) in [6.45, 7) is 8.16. The summed E-state index contributed by atoms with van der Waals surface area (Å²) in [5.41, 5.74) is 0.266. The molecule has 0 aromatic heterocycles. The highest BCUT2D eigenvalue weighted by Gasteiger charge is 2.43. The van der Waals surface area contributed by atoms with Gasteiger partial charge in [0.15, 0.2) is 0 Å². The van der Waals surface area contributed by atoms with E-state index in [1.54, 1.807) is 17.9 Å². The molecule has 0 bridgehead atoms. The topological polar surface area (TPSA) is 55.8 Å². The predicted octanol–water partition coefficient (Wildman–Crippen LogP) is 3.85. The lowest BCUT2D eigenvalue weighted by molar-refractivity contribution is -0.147. The summed E-state index contributed by atoms with van der Waals surface area (Å²) in [6.07, 6.45) is -0.425. The Morgan fingerprint density at radius 2 is 1.92 bits per heavy atom. The van der Waals surface area contributed by atoms with E-state index in [0.29, 0.717) is 18.2 Å². The van der Waals surface area contributed by atoms with Crippen molar-refractivity contribution in [3.8, 4) is 0 Å². The molecule has 2 rings (SSSR count). The molecular weight excluding hydrogens is 330 g/mol. The monoisotopic (exact) mass is 353 g/mol. The Balaban J connectivity index is 2.25. The molecule has 1 saturated heterocycles. The fourth-order valence-electron chi connectivity index (χ4n) is 2.86. The third-order valence-corrected chi connectivity index (χ3v) is 4.21. The molecule has 0 saturated carbocycles. The molecule has 132 valence electrons. The maximum absolute atomic E-state index is 12.4. The number of esters is 1. The van der Waals surface area contributed by atoms with Gasteiger partial charge in [0.25, 0.3) is 0 Å². The van der Waals surface area contributed by atoms with Gasteiger partial charge in [-0.15, -0.1) is 0 Å². The van der Waals surface area contributed by atoms with Crippen LogP contribution in [0.3, 0.4) is 0 Å². The molecule has 1 heterocycles. The van der Waals surface area contributed by atoms with Crippen LogP contribution in [0.15, 0.2) is 24.3 Å². The lowest BCUT2D eigenvalue weighted by atomic mass is 9.89. The number of likely N-dealkylation sites (tertiary alicyclic amines) is 1. The van der Waals surface area contributed by atoms with Gasteiger partial charge < -0.3 is 14.4 Å². The minimum atomic E-state index is -0.584. The lowest BCUT2D eigenvalue weighted by Crippen LogP contribution is -2.36. The maximum Gasteiger partial charge on any atom is 0.410 e. The van der Waals surface area contributed by atoms with Crippen LogP contribution in [0.1, 0.15) is 39.2 Å². The Morgan fingerprint density at radius 3 is 2.50 bits per heavy atom. The first-order valence-corrected chi connectivity index (χ1v) is 8.49. The van der Waals surface area contributed by atoms with E-state index in [4.69, 9.17) is 21.1 Å². The van der Waals surface area contributed by atoms with Crippen molar-refractivity contribution in [2.75, 3.05) is 19.7 Å². The van der Waals surface area contributed by atoms with Crippen molar-refractivity contribution in [1.29, 1.82) is 0 Å². The molecule has 1 aromatic rings. The van der Waals surface area contributed by atoms with Gasteiger partial charge in [0.2, 0.25) is 0 Å². The number of rotatable bonds is 3. The van der Waals surface area contributed by atoms with Crippen molar-refractivity contribution in [3.63, 3.8) is 0 Å². The SMILES string of the molecule is CCOC(=O)[C@@H]1CN(C(=O)OC(C)(C)C)C[C@@H]1c1ccccc1Cl. The third kappa shape index (κ3) is 4.41. The van der Waals surface area contributed by atoms with Gasteiger partial charge in [-0.1, -0.05) is 29.8 Å². The quantitative estimate of drug-likeness (QED) is 0.774. The number of halogens is 1. The van der Waals surface area contributed by atoms with Crippen LogP contribution in [0.4, 0.5) is 4.79 Å². The van der Waals surface area contributed by atoms with Crippen LogP contribution in [0, 0.1) is 5.92 Å². The highest BCUT2D eigenvalue weighted by Crippen LogP contribution is 2.37. The molecule has 0 radical (unpaired) electrons. The molecule has 5 nitrogen and oxygen atoms in total. The Labute approximate surface area is 147 Å². The summed E-state index contributed by atoms with van der Waals surface area (Å²) in [5.74, 6) is -0.962. The Morgan fingerprint density at radius 1 is 1.25 bits per heavy atom. The van der Waals surface area contributed by atoms with Gasteiger partial charge in [0, 0.05) is 24.0 Å². The molecule has 1 fully saturated rings. The van der Waals surface area contributed by atoms with Gasteiger partial charge in [-0.05, 0) is 39.3 Å². The van der Waals surface area contributed by atoms with E-state index in [1.165, 1.54) is 0 Å². The largest absolute Gasteiger partial charge is 0.466 e. The average molecular weight is 354 g/mol. The first-order chi connectivity index (χ1) is 11.2. The minimum absolute atomic E-state index is 0.203. The van der Waals surface area contributed by atoms with E-state index in [0.717, 1.165) is 5.56 Å². The van der Waals surface area contributed by atoms with Crippen LogP contribution in [-0.4, -0.2) is 42.3 Å². The van der Waals surface area contributed by atoms with Crippen LogP contribution in [0.2, 0.25) is 5.02 Å². The van der Waals surface area contributed by atoms with Crippen molar-refractivity contribution in [2.24, 2.45) is 5.92 Å². The van der Waals surface area contributed by atoms with Crippen molar-refractivity contribution in [3.05, 3.63) is 34.9 Å². The van der Waals surface area contributed by atoms with Gasteiger partial charge in [0.05, 0.1) is 12.5 Å². The molecule has 1 aromatic carbocycles. The van der Waals surface area contributed by atoms with Gasteiger partial charge >= 0.3 is 12.1 Å². The molecule has 1 aliphatic rings. The zero-order chi connectivity index (χ0) is 17.9. The normalized spacial score (nSPS) is 20.8. The first kappa shape index (κ1) is 18.6. The van der Waals surface area contributed by atoms with E-state index >= 15 is 0 Å². The highest BCUT2D eigenvalue weighted by atomic mass is 35.5. The third-order valence-electron chi connectivity index (χ3n) is 3.87. The summed E-state index contributed by atoms with van der Waals surface area (Å²) < 4.78 is 10.6. The number of ether oxygens (including phenoxy) is 2. The smallest absolute Gasteiger partial charge is 0.410 e. The second-order valence-corrected chi connectivity index (χ2v) is 7.28. The molecule has 0 N–H and O–H groups in total. The first-order valence-electron chi connectivity index (χ1n) is 8.12. The number of carbonyl (C=O) groups excluding carboxylic acids is 2. The van der Waals surface area contributed by atoms with Gasteiger partial charge in [-0.2, -0.15) is 0 Å². The van der Waals surface area contributed by atoms with Crippen LogP contribution in [0.5, 0.6) is 0 Å². The van der Waals surface area contributed by atoms with Crippen molar-refractivity contribution >= 4 is 23.7 Å². The van der Waals surface area contributed by atoms with Crippen molar-refractivity contribution in [2.45, 2.75) is 39.2 Å². The maximum atomic E-state index is 12.4. The lowest BCUT2D eigenvalue weighted by Gasteiger charge is -2.24. The molecule has 24 heavy (non-hydrogen) atoms. The molecule has 1 aliphatic heterocycles. The molecule has 0 aliphatic carbocycles. The van der Waals surface area contributed by atoms with Gasteiger partial charge in [-0.25, -0.2) is 4.79 Å². The van der Waals surface area contributed by atoms with Crippen LogP contribution < -0.4 is 0 Å². The summed E-state index contributed by atoms with van der Waals surface area (Å²) >= 11 is 6.30. The molecule has 2 atom stereocenters. The van der Waals surface area contributed by atoms with Crippen molar-refractivity contribution in [1.82, 2.24) is 4.90 Å². The van der Waals surface area contributed by atoms with E-state index in [2.05, 4.69) is 0 Å². The minimum Gasteiger partial charge on any atom is -0.466 e. The fraction of sp³-hybridized carbons (Fsp3) is 0.556. The average Bonchev–Trinajstić information content (AvgIpc) is 2.91. The molecule has 0 unspecified atom stereocenters. The van der Waals surface area contributed by atoms with Crippen molar-refractivity contribution < 1.29 is 19.1 Å². The predicted molar refractivity (Wildman–Crippen MR) is 92.1 cm³/mol. The number of carbonyl (C=O) groups is 2. The summed E-state index contributed by atoms with van der Waals surface area (Å²) in [7, 11) is 0. The van der Waals surface area contributed by atoms with Crippen LogP contribution in [-0.2, 0) is 14.3 Å². The number of hydrogen-bond acceptors (Lipinski definition) is 4.